The van der Waals surface area contributed by atoms with Crippen molar-refractivity contribution in [1.82, 2.24) is 5.32 Å². The first kappa shape index (κ1) is 20.9. The summed E-state index contributed by atoms with van der Waals surface area (Å²) in [4.78, 5) is 35.5. The number of esters is 1. The minimum Gasteiger partial charge on any atom is -0.463 e. The molecule has 2 aromatic carbocycles. The monoisotopic (exact) mass is 385 g/mol. The van der Waals surface area contributed by atoms with Gasteiger partial charge in [-0.2, -0.15) is 0 Å². The van der Waals surface area contributed by atoms with Crippen molar-refractivity contribution in [2.24, 2.45) is 0 Å². The minimum absolute atomic E-state index is 0.0522. The number of nitrogen functional groups attached to an aromatic ring is 1. The Kier molecular flexibility index (Phi) is 7.08. The Morgan fingerprint density at radius 3 is 2.39 bits per heavy atom. The highest BCUT2D eigenvalue weighted by Gasteiger charge is 2.26. The van der Waals surface area contributed by atoms with E-state index in [0.29, 0.717) is 5.69 Å². The zero-order valence-electron chi connectivity index (χ0n) is 15.8. The van der Waals surface area contributed by atoms with E-state index < -0.39 is 16.9 Å². The van der Waals surface area contributed by atoms with Gasteiger partial charge in [-0.1, -0.05) is 30.3 Å². The highest BCUT2D eigenvalue weighted by atomic mass is 16.6. The molecule has 0 bridgehead atoms. The first-order valence-corrected chi connectivity index (χ1v) is 8.83. The first-order valence-electron chi connectivity index (χ1n) is 8.83. The van der Waals surface area contributed by atoms with Crippen LogP contribution in [-0.2, 0) is 20.7 Å². The summed E-state index contributed by atoms with van der Waals surface area (Å²) in [7, 11) is 0. The van der Waals surface area contributed by atoms with Crippen LogP contribution < -0.4 is 11.1 Å². The Bertz CT molecular complexity index is 849. The molecule has 3 N–H and O–H groups in total. The maximum Gasteiger partial charge on any atom is 0.308 e. The Morgan fingerprint density at radius 2 is 1.79 bits per heavy atom. The van der Waals surface area contributed by atoms with E-state index in [2.05, 4.69) is 5.32 Å². The molecule has 8 heteroatoms. The number of nitro benzene ring substituents is 1. The smallest absolute Gasteiger partial charge is 0.308 e. The summed E-state index contributed by atoms with van der Waals surface area (Å²) < 4.78 is 5.14. The number of nitrogens with one attached hydrogen (secondary N) is 1. The van der Waals surface area contributed by atoms with Gasteiger partial charge in [0.25, 0.3) is 5.69 Å². The summed E-state index contributed by atoms with van der Waals surface area (Å²) in [5.41, 5.74) is 7.03. The number of hydrogen-bond donors (Lipinski definition) is 2. The second-order valence-corrected chi connectivity index (χ2v) is 6.60. The fraction of sp³-hybridized carbons (Fsp3) is 0.300. The summed E-state index contributed by atoms with van der Waals surface area (Å²) in [6.45, 7) is 3.41. The second-order valence-electron chi connectivity index (χ2n) is 6.60. The number of carbonyl (C=O) groups is 2. The molecular weight excluding hydrogens is 362 g/mol. The molecule has 2 aromatic rings. The third-order valence-corrected chi connectivity index (χ3v) is 3.93. The third-order valence-electron chi connectivity index (χ3n) is 3.93. The van der Waals surface area contributed by atoms with Gasteiger partial charge in [0.15, 0.2) is 0 Å². The molecule has 8 nitrogen and oxygen atoms in total. The molecule has 0 aliphatic heterocycles. The zero-order valence-corrected chi connectivity index (χ0v) is 15.8. The van der Waals surface area contributed by atoms with Gasteiger partial charge in [-0.15, -0.1) is 0 Å². The highest BCUT2D eigenvalue weighted by molar-refractivity contribution is 5.80. The van der Waals surface area contributed by atoms with E-state index in [0.717, 1.165) is 5.56 Å². The van der Waals surface area contributed by atoms with Crippen LogP contribution in [0.1, 0.15) is 37.4 Å². The Morgan fingerprint density at radius 1 is 1.14 bits per heavy atom. The molecule has 0 fully saturated rings. The highest BCUT2D eigenvalue weighted by Crippen LogP contribution is 2.27. The summed E-state index contributed by atoms with van der Waals surface area (Å²) in [5.74, 6) is -0.920. The Balaban J connectivity index is 2.23. The molecule has 0 heterocycles. The third kappa shape index (κ3) is 6.08. The van der Waals surface area contributed by atoms with Crippen LogP contribution in [0.5, 0.6) is 0 Å². The van der Waals surface area contributed by atoms with Crippen molar-refractivity contribution >= 4 is 23.3 Å². The largest absolute Gasteiger partial charge is 0.463 e. The number of nitrogens with zero attached hydrogens (tertiary/aromatic N) is 1. The lowest BCUT2D eigenvalue weighted by atomic mass is 10.0. The number of nitro groups is 1. The predicted molar refractivity (Wildman–Crippen MR) is 104 cm³/mol. The van der Waals surface area contributed by atoms with Crippen molar-refractivity contribution in [1.29, 1.82) is 0 Å². The number of hydrogen-bond acceptors (Lipinski definition) is 6. The second kappa shape index (κ2) is 9.50. The van der Waals surface area contributed by atoms with Crippen molar-refractivity contribution in [2.75, 3.05) is 5.73 Å². The molecule has 0 saturated heterocycles. The molecular formula is C20H23N3O5. The molecule has 1 unspecified atom stereocenters. The summed E-state index contributed by atoms with van der Waals surface area (Å²) in [5, 5.41) is 14.1. The molecule has 1 atom stereocenters. The van der Waals surface area contributed by atoms with Gasteiger partial charge < -0.3 is 15.8 Å². The van der Waals surface area contributed by atoms with Crippen LogP contribution >= 0.6 is 0 Å². The summed E-state index contributed by atoms with van der Waals surface area (Å²) in [6.07, 6.45) is -0.489. The quantitative estimate of drug-likeness (QED) is 0.311. The molecule has 0 aromatic heterocycles. The van der Waals surface area contributed by atoms with Gasteiger partial charge in [-0.3, -0.25) is 19.7 Å². The number of nitrogens with two attached hydrogens (primary N) is 1. The van der Waals surface area contributed by atoms with Crippen LogP contribution in [0.2, 0.25) is 0 Å². The van der Waals surface area contributed by atoms with E-state index in [1.54, 1.807) is 44.2 Å². The van der Waals surface area contributed by atoms with E-state index in [-0.39, 0.29) is 36.1 Å². The minimum atomic E-state index is -0.880. The molecule has 1 amide bonds. The maximum atomic E-state index is 12.5. The topological polar surface area (TPSA) is 125 Å². The Hall–Kier alpha value is -3.42. The van der Waals surface area contributed by atoms with Crippen LogP contribution in [0.25, 0.3) is 0 Å². The van der Waals surface area contributed by atoms with E-state index >= 15 is 0 Å². The zero-order chi connectivity index (χ0) is 20.7. The standard InChI is InChI=1S/C20H23N3O5/c1-13(2)28-20(25)12-17(16-5-3-4-6-18(16)23(26)27)22-19(24)11-14-7-9-15(21)10-8-14/h3-10,13,17H,11-12,21H2,1-2H3,(H,22,24). The van der Waals surface area contributed by atoms with Crippen molar-refractivity contribution in [3.63, 3.8) is 0 Å². The van der Waals surface area contributed by atoms with Crippen LogP contribution in [0.3, 0.4) is 0 Å². The summed E-state index contributed by atoms with van der Waals surface area (Å²) >= 11 is 0. The average molecular weight is 385 g/mol. The molecule has 148 valence electrons. The van der Waals surface area contributed by atoms with Crippen LogP contribution in [0, 0.1) is 10.1 Å². The normalized spacial score (nSPS) is 11.7. The van der Waals surface area contributed by atoms with E-state index in [1.807, 2.05) is 0 Å². The molecule has 0 saturated carbocycles. The van der Waals surface area contributed by atoms with Crippen molar-refractivity contribution in [3.8, 4) is 0 Å². The lowest BCUT2D eigenvalue weighted by Crippen LogP contribution is -2.32. The predicted octanol–water partition coefficient (Wildman–Crippen LogP) is 2.92. The van der Waals surface area contributed by atoms with Gasteiger partial charge in [0.1, 0.15) is 0 Å². The SMILES string of the molecule is CC(C)OC(=O)CC(NC(=O)Cc1ccc(N)cc1)c1ccccc1[N+](=O)[O-]. The lowest BCUT2D eigenvalue weighted by Gasteiger charge is -2.19. The van der Waals surface area contributed by atoms with Crippen molar-refractivity contribution < 1.29 is 19.2 Å². The number of anilines is 1. The van der Waals surface area contributed by atoms with Gasteiger partial charge >= 0.3 is 5.97 Å². The van der Waals surface area contributed by atoms with Crippen LogP contribution in [-0.4, -0.2) is 22.9 Å². The molecule has 2 rings (SSSR count). The van der Waals surface area contributed by atoms with Crippen LogP contribution in [0.15, 0.2) is 48.5 Å². The maximum absolute atomic E-state index is 12.5. The fourth-order valence-corrected chi connectivity index (χ4v) is 2.73. The van der Waals surface area contributed by atoms with Gasteiger partial charge in [0.05, 0.1) is 35.5 Å². The number of ether oxygens (including phenoxy) is 1. The lowest BCUT2D eigenvalue weighted by molar-refractivity contribution is -0.385. The first-order chi connectivity index (χ1) is 13.3. The Labute approximate surface area is 162 Å². The molecule has 0 aliphatic carbocycles. The van der Waals surface area contributed by atoms with E-state index in [9.17, 15) is 19.7 Å². The molecule has 0 aliphatic rings. The molecule has 0 radical (unpaired) electrons. The number of para-hydroxylation sites is 1. The molecule has 28 heavy (non-hydrogen) atoms. The summed E-state index contributed by atoms with van der Waals surface area (Å²) in [6, 6.07) is 11.9. The van der Waals surface area contributed by atoms with Gasteiger partial charge in [0.2, 0.25) is 5.91 Å². The van der Waals surface area contributed by atoms with Crippen LogP contribution in [0.4, 0.5) is 11.4 Å². The number of rotatable bonds is 8. The van der Waals surface area contributed by atoms with Crippen molar-refractivity contribution in [3.05, 3.63) is 69.8 Å². The van der Waals surface area contributed by atoms with Gasteiger partial charge in [-0.05, 0) is 31.5 Å². The van der Waals surface area contributed by atoms with Crippen molar-refractivity contribution in [2.45, 2.75) is 38.8 Å². The number of carbonyl (C=O) groups excluding carboxylic acids is 2. The average Bonchev–Trinajstić information content (AvgIpc) is 2.62. The van der Waals surface area contributed by atoms with Gasteiger partial charge in [-0.25, -0.2) is 0 Å². The number of amides is 1. The number of benzene rings is 2. The fourth-order valence-electron chi connectivity index (χ4n) is 2.73. The van der Waals surface area contributed by atoms with E-state index in [1.165, 1.54) is 18.2 Å². The molecule has 0 spiro atoms. The van der Waals surface area contributed by atoms with Gasteiger partial charge in [0, 0.05) is 11.8 Å². The van der Waals surface area contributed by atoms with E-state index in [4.69, 9.17) is 10.5 Å².